The van der Waals surface area contributed by atoms with Gasteiger partial charge in [-0.05, 0) is 6.07 Å². The van der Waals surface area contributed by atoms with Crippen molar-refractivity contribution in [1.82, 2.24) is 0 Å². The fourth-order valence-electron chi connectivity index (χ4n) is 1.80. The minimum absolute atomic E-state index is 0.287. The van der Waals surface area contributed by atoms with E-state index in [0.717, 1.165) is 22.8 Å². The van der Waals surface area contributed by atoms with E-state index in [9.17, 15) is 5.11 Å². The average molecular weight is 256 g/mol. The van der Waals surface area contributed by atoms with Crippen molar-refractivity contribution in [3.63, 3.8) is 0 Å². The quantitative estimate of drug-likeness (QED) is 0.900. The Labute approximate surface area is 105 Å². The Balaban J connectivity index is 2.15. The second-order valence-corrected chi connectivity index (χ2v) is 6.17. The van der Waals surface area contributed by atoms with Gasteiger partial charge in [-0.2, -0.15) is 23.5 Å². The van der Waals surface area contributed by atoms with Gasteiger partial charge in [0, 0.05) is 28.1 Å². The number of ether oxygens (including phenoxy) is 1. The van der Waals surface area contributed by atoms with Crippen LogP contribution in [0.3, 0.4) is 0 Å². The van der Waals surface area contributed by atoms with Crippen LogP contribution in [0.4, 0.5) is 0 Å². The Morgan fingerprint density at radius 3 is 2.88 bits per heavy atom. The van der Waals surface area contributed by atoms with Crippen LogP contribution >= 0.6 is 23.5 Å². The van der Waals surface area contributed by atoms with E-state index in [1.165, 1.54) is 5.75 Å². The maximum atomic E-state index is 10.3. The third-order valence-electron chi connectivity index (χ3n) is 2.65. The summed E-state index contributed by atoms with van der Waals surface area (Å²) in [5, 5.41) is 10.6. The maximum absolute atomic E-state index is 10.3. The molecular formula is C12H16O2S2. The summed E-state index contributed by atoms with van der Waals surface area (Å²) in [5.74, 6) is 4.12. The van der Waals surface area contributed by atoms with Gasteiger partial charge >= 0.3 is 0 Å². The lowest BCUT2D eigenvalue weighted by molar-refractivity contribution is 0.176. The fourth-order valence-corrected chi connectivity index (χ4v) is 4.54. The number of rotatable bonds is 3. The Morgan fingerprint density at radius 1 is 1.38 bits per heavy atom. The van der Waals surface area contributed by atoms with Crippen molar-refractivity contribution in [1.29, 1.82) is 0 Å². The fraction of sp³-hybridized carbons (Fsp3) is 0.500. The molecule has 1 aromatic carbocycles. The highest BCUT2D eigenvalue weighted by molar-refractivity contribution is 8.06. The molecule has 2 rings (SSSR count). The highest BCUT2D eigenvalue weighted by Gasteiger charge is 2.25. The summed E-state index contributed by atoms with van der Waals surface area (Å²) >= 11 is 3.78. The van der Waals surface area contributed by atoms with Gasteiger partial charge in [0.25, 0.3) is 0 Å². The van der Waals surface area contributed by atoms with Gasteiger partial charge in [0.15, 0.2) is 0 Å². The predicted octanol–water partition coefficient (Wildman–Crippen LogP) is 2.58. The normalized spacial score (nSPS) is 22.8. The average Bonchev–Trinajstić information content (AvgIpc) is 2.39. The summed E-state index contributed by atoms with van der Waals surface area (Å²) in [6.45, 7) is 0. The molecule has 0 aromatic heterocycles. The third-order valence-corrected chi connectivity index (χ3v) is 5.50. The van der Waals surface area contributed by atoms with E-state index in [1.54, 1.807) is 7.11 Å². The lowest BCUT2D eigenvalue weighted by atomic mass is 10.1. The largest absolute Gasteiger partial charge is 0.496 e. The number of hydrogen-bond donors (Lipinski definition) is 1. The number of aliphatic hydroxyl groups is 1. The molecule has 0 amide bonds. The van der Waals surface area contributed by atoms with Gasteiger partial charge in [0.2, 0.25) is 0 Å². The monoisotopic (exact) mass is 256 g/mol. The first kappa shape index (κ1) is 12.1. The van der Waals surface area contributed by atoms with Crippen LogP contribution in [-0.4, -0.2) is 34.7 Å². The molecule has 1 aliphatic rings. The van der Waals surface area contributed by atoms with Crippen LogP contribution in [0.2, 0.25) is 0 Å². The zero-order chi connectivity index (χ0) is 11.4. The summed E-state index contributed by atoms with van der Waals surface area (Å²) in [4.78, 5) is 0. The molecule has 0 radical (unpaired) electrons. The standard InChI is InChI=1S/C12H16O2S2/c1-14-10-5-3-2-4-9(10)12(13)11-8-15-6-7-16-11/h2-5,11-13H,6-8H2,1H3. The second kappa shape index (κ2) is 5.84. The Kier molecular flexibility index (Phi) is 4.44. The lowest BCUT2D eigenvalue weighted by Gasteiger charge is -2.26. The molecule has 0 bridgehead atoms. The highest BCUT2D eigenvalue weighted by atomic mass is 32.2. The molecule has 2 unspecified atom stereocenters. The SMILES string of the molecule is COc1ccccc1C(O)C1CSCCS1. The van der Waals surface area contributed by atoms with Crippen LogP contribution < -0.4 is 4.74 Å². The van der Waals surface area contributed by atoms with Crippen molar-refractivity contribution < 1.29 is 9.84 Å². The molecular weight excluding hydrogens is 240 g/mol. The molecule has 88 valence electrons. The molecule has 0 aliphatic carbocycles. The van der Waals surface area contributed by atoms with Gasteiger partial charge in [-0.25, -0.2) is 0 Å². The first-order chi connectivity index (χ1) is 7.83. The molecule has 0 spiro atoms. The van der Waals surface area contributed by atoms with Crippen molar-refractivity contribution >= 4 is 23.5 Å². The number of aliphatic hydroxyl groups excluding tert-OH is 1. The van der Waals surface area contributed by atoms with Crippen LogP contribution in [0.1, 0.15) is 11.7 Å². The highest BCUT2D eigenvalue weighted by Crippen LogP contribution is 2.36. The molecule has 4 heteroatoms. The van der Waals surface area contributed by atoms with Crippen LogP contribution in [-0.2, 0) is 0 Å². The smallest absolute Gasteiger partial charge is 0.124 e. The molecule has 16 heavy (non-hydrogen) atoms. The van der Waals surface area contributed by atoms with Crippen molar-refractivity contribution in [3.05, 3.63) is 29.8 Å². The first-order valence-electron chi connectivity index (χ1n) is 5.33. The van der Waals surface area contributed by atoms with Crippen molar-refractivity contribution in [2.75, 3.05) is 24.4 Å². The summed E-state index contributed by atoms with van der Waals surface area (Å²) < 4.78 is 5.28. The summed E-state index contributed by atoms with van der Waals surface area (Å²) in [5.41, 5.74) is 0.907. The predicted molar refractivity (Wildman–Crippen MR) is 71.5 cm³/mol. The molecule has 1 fully saturated rings. The Bertz CT molecular complexity index is 338. The molecule has 1 aliphatic heterocycles. The van der Waals surface area contributed by atoms with E-state index in [2.05, 4.69) is 0 Å². The molecule has 1 N–H and O–H groups in total. The van der Waals surface area contributed by atoms with E-state index < -0.39 is 6.10 Å². The zero-order valence-electron chi connectivity index (χ0n) is 9.26. The minimum atomic E-state index is -0.422. The van der Waals surface area contributed by atoms with Crippen LogP contribution in [0.15, 0.2) is 24.3 Å². The van der Waals surface area contributed by atoms with Crippen molar-refractivity contribution in [2.45, 2.75) is 11.4 Å². The summed E-state index contributed by atoms with van der Waals surface area (Å²) in [6, 6.07) is 7.72. The molecule has 1 heterocycles. The van der Waals surface area contributed by atoms with Crippen molar-refractivity contribution in [2.24, 2.45) is 0 Å². The first-order valence-corrected chi connectivity index (χ1v) is 7.53. The molecule has 2 atom stereocenters. The van der Waals surface area contributed by atoms with E-state index in [-0.39, 0.29) is 5.25 Å². The number of methoxy groups -OCH3 is 1. The molecule has 0 saturated carbocycles. The zero-order valence-corrected chi connectivity index (χ0v) is 10.9. The number of benzene rings is 1. The molecule has 1 saturated heterocycles. The van der Waals surface area contributed by atoms with Gasteiger partial charge in [0.1, 0.15) is 5.75 Å². The topological polar surface area (TPSA) is 29.5 Å². The maximum Gasteiger partial charge on any atom is 0.124 e. The Morgan fingerprint density at radius 2 is 2.19 bits per heavy atom. The second-order valence-electron chi connectivity index (χ2n) is 3.67. The minimum Gasteiger partial charge on any atom is -0.496 e. The van der Waals surface area contributed by atoms with Crippen molar-refractivity contribution in [3.8, 4) is 5.75 Å². The molecule has 1 aromatic rings. The van der Waals surface area contributed by atoms with Crippen LogP contribution in [0.5, 0.6) is 5.75 Å². The van der Waals surface area contributed by atoms with Gasteiger partial charge in [-0.3, -0.25) is 0 Å². The van der Waals surface area contributed by atoms with E-state index in [1.807, 2.05) is 47.8 Å². The number of para-hydroxylation sites is 1. The van der Waals surface area contributed by atoms with Gasteiger partial charge in [-0.1, -0.05) is 18.2 Å². The Hall–Kier alpha value is -0.320. The summed E-state index contributed by atoms with van der Waals surface area (Å²) in [6.07, 6.45) is -0.422. The lowest BCUT2D eigenvalue weighted by Crippen LogP contribution is -2.22. The number of hydrogen-bond acceptors (Lipinski definition) is 4. The van der Waals surface area contributed by atoms with Crippen LogP contribution in [0.25, 0.3) is 0 Å². The molecule has 2 nitrogen and oxygen atoms in total. The van der Waals surface area contributed by atoms with Gasteiger partial charge in [-0.15, -0.1) is 0 Å². The van der Waals surface area contributed by atoms with E-state index in [0.29, 0.717) is 0 Å². The third kappa shape index (κ3) is 2.67. The van der Waals surface area contributed by atoms with E-state index in [4.69, 9.17) is 4.74 Å². The van der Waals surface area contributed by atoms with Gasteiger partial charge < -0.3 is 9.84 Å². The summed E-state index contributed by atoms with van der Waals surface area (Å²) in [7, 11) is 1.65. The van der Waals surface area contributed by atoms with E-state index >= 15 is 0 Å². The van der Waals surface area contributed by atoms with Crippen LogP contribution in [0, 0.1) is 0 Å². The number of thioether (sulfide) groups is 2. The van der Waals surface area contributed by atoms with Gasteiger partial charge in [0.05, 0.1) is 13.2 Å².